The van der Waals surface area contributed by atoms with Crippen LogP contribution in [0.5, 0.6) is 5.75 Å². The number of ether oxygens (including phenoxy) is 2. The molecule has 1 saturated carbocycles. The molecular weight excluding hydrogens is 448 g/mol. The molecule has 192 valence electrons. The summed E-state index contributed by atoms with van der Waals surface area (Å²) in [7, 11) is 2.12. The summed E-state index contributed by atoms with van der Waals surface area (Å²) >= 11 is 0. The van der Waals surface area contributed by atoms with Gasteiger partial charge >= 0.3 is 6.03 Å². The molecule has 1 aromatic rings. The summed E-state index contributed by atoms with van der Waals surface area (Å²) in [6.45, 7) is 5.07. The number of hydrogen-bond acceptors (Lipinski definition) is 6. The van der Waals surface area contributed by atoms with Gasteiger partial charge in [-0.15, -0.1) is 0 Å². The lowest BCUT2D eigenvalue weighted by Gasteiger charge is -2.36. The number of likely N-dealkylation sites (N-methyl/N-ethyl adjacent to an activating group) is 1. The molecule has 0 radical (unpaired) electrons. The van der Waals surface area contributed by atoms with Crippen LogP contribution in [0.4, 0.5) is 4.79 Å². The number of carbonyl (C=O) groups excluding carboxylic acids is 3. The smallest absolute Gasteiger partial charge is 0.325 e. The fourth-order valence-electron chi connectivity index (χ4n) is 5.40. The number of nitrogens with zero attached hydrogens (tertiary/aromatic N) is 2. The van der Waals surface area contributed by atoms with Crippen molar-refractivity contribution in [3.63, 3.8) is 0 Å². The maximum Gasteiger partial charge on any atom is 0.325 e. The van der Waals surface area contributed by atoms with E-state index >= 15 is 0 Å². The number of benzene rings is 1. The van der Waals surface area contributed by atoms with Crippen molar-refractivity contribution >= 4 is 17.8 Å². The Morgan fingerprint density at radius 3 is 2.83 bits per heavy atom. The van der Waals surface area contributed by atoms with Crippen LogP contribution >= 0.6 is 0 Å². The molecule has 1 aliphatic carbocycles. The highest BCUT2D eigenvalue weighted by atomic mass is 16.5. The third-order valence-electron chi connectivity index (χ3n) is 7.72. The Hall–Kier alpha value is -2.65. The van der Waals surface area contributed by atoms with E-state index in [0.29, 0.717) is 25.6 Å². The number of rotatable bonds is 9. The predicted octanol–water partition coefficient (Wildman–Crippen LogP) is 2.29. The van der Waals surface area contributed by atoms with E-state index in [1.165, 1.54) is 0 Å². The molecule has 9 heteroatoms. The SMILES string of the molecule is CC1CCCCC12NC(=O)N(CC(=O)NCc1cccc(OCCN(C)C3CCOCC3)c1)C2=O. The lowest BCUT2D eigenvalue weighted by molar-refractivity contribution is -0.137. The second-order valence-electron chi connectivity index (χ2n) is 10.0. The molecule has 35 heavy (non-hydrogen) atoms. The summed E-state index contributed by atoms with van der Waals surface area (Å²) in [5.41, 5.74) is 0.0448. The minimum absolute atomic E-state index is 0.0694. The fraction of sp³-hybridized carbons (Fsp3) is 0.654. The first-order valence-corrected chi connectivity index (χ1v) is 12.8. The Kier molecular flexibility index (Phi) is 8.28. The van der Waals surface area contributed by atoms with Gasteiger partial charge in [0, 0.05) is 32.3 Å². The first-order chi connectivity index (χ1) is 16.9. The maximum atomic E-state index is 13.0. The lowest BCUT2D eigenvalue weighted by atomic mass is 9.73. The molecule has 1 spiro atoms. The van der Waals surface area contributed by atoms with Crippen LogP contribution < -0.4 is 15.4 Å². The number of urea groups is 1. The first-order valence-electron chi connectivity index (χ1n) is 12.8. The first kappa shape index (κ1) is 25.4. The summed E-state index contributed by atoms with van der Waals surface area (Å²) in [5, 5.41) is 5.71. The maximum absolute atomic E-state index is 13.0. The van der Waals surface area contributed by atoms with Crippen molar-refractivity contribution in [1.29, 1.82) is 0 Å². The van der Waals surface area contributed by atoms with Crippen molar-refractivity contribution in [2.75, 3.05) is 40.0 Å². The van der Waals surface area contributed by atoms with Crippen molar-refractivity contribution in [3.05, 3.63) is 29.8 Å². The fourth-order valence-corrected chi connectivity index (χ4v) is 5.40. The normalized spacial score (nSPS) is 25.2. The van der Waals surface area contributed by atoms with E-state index in [4.69, 9.17) is 9.47 Å². The van der Waals surface area contributed by atoms with E-state index in [2.05, 4.69) is 22.6 Å². The van der Waals surface area contributed by atoms with E-state index in [1.54, 1.807) is 0 Å². The molecular formula is C26H38N4O5. The van der Waals surface area contributed by atoms with Crippen LogP contribution in [0.3, 0.4) is 0 Å². The Morgan fingerprint density at radius 2 is 2.06 bits per heavy atom. The molecule has 2 saturated heterocycles. The van der Waals surface area contributed by atoms with Gasteiger partial charge in [0.15, 0.2) is 0 Å². The van der Waals surface area contributed by atoms with Gasteiger partial charge in [0.1, 0.15) is 24.4 Å². The Morgan fingerprint density at radius 1 is 1.26 bits per heavy atom. The van der Waals surface area contributed by atoms with E-state index in [9.17, 15) is 14.4 Å². The quantitative estimate of drug-likeness (QED) is 0.520. The van der Waals surface area contributed by atoms with E-state index in [0.717, 1.165) is 68.1 Å². The van der Waals surface area contributed by atoms with Crippen molar-refractivity contribution < 1.29 is 23.9 Å². The summed E-state index contributed by atoms with van der Waals surface area (Å²) in [6.07, 6.45) is 5.60. The molecule has 9 nitrogen and oxygen atoms in total. The topological polar surface area (TPSA) is 100 Å². The molecule has 2 heterocycles. The molecule has 2 unspecified atom stereocenters. The van der Waals surface area contributed by atoms with Gasteiger partial charge in [0.05, 0.1) is 0 Å². The van der Waals surface area contributed by atoms with E-state index in [1.807, 2.05) is 31.2 Å². The zero-order valence-corrected chi connectivity index (χ0v) is 20.9. The second-order valence-corrected chi connectivity index (χ2v) is 10.0. The van der Waals surface area contributed by atoms with E-state index < -0.39 is 11.6 Å². The van der Waals surface area contributed by atoms with Gasteiger partial charge in [-0.25, -0.2) is 4.79 Å². The zero-order chi connectivity index (χ0) is 24.8. The molecule has 2 atom stereocenters. The monoisotopic (exact) mass is 486 g/mol. The van der Waals surface area contributed by atoms with Crippen LogP contribution in [0.15, 0.2) is 24.3 Å². The van der Waals surface area contributed by atoms with Gasteiger partial charge < -0.3 is 20.1 Å². The van der Waals surface area contributed by atoms with E-state index in [-0.39, 0.29) is 24.3 Å². The molecule has 2 N–H and O–H groups in total. The average molecular weight is 487 g/mol. The van der Waals surface area contributed by atoms with Crippen molar-refractivity contribution in [1.82, 2.24) is 20.4 Å². The average Bonchev–Trinajstić information content (AvgIpc) is 3.10. The zero-order valence-electron chi connectivity index (χ0n) is 20.9. The Balaban J connectivity index is 1.23. The van der Waals surface area contributed by atoms with Crippen molar-refractivity contribution in [3.8, 4) is 5.75 Å². The summed E-state index contributed by atoms with van der Waals surface area (Å²) in [6, 6.07) is 7.67. The molecule has 2 aliphatic heterocycles. The minimum atomic E-state index is -0.847. The highest BCUT2D eigenvalue weighted by Crippen LogP contribution is 2.38. The van der Waals surface area contributed by atoms with Crippen LogP contribution in [-0.4, -0.2) is 79.2 Å². The van der Waals surface area contributed by atoms with Crippen LogP contribution in [0.25, 0.3) is 0 Å². The van der Waals surface area contributed by atoms with Crippen molar-refractivity contribution in [2.45, 2.75) is 63.6 Å². The number of imide groups is 1. The van der Waals surface area contributed by atoms with Crippen LogP contribution in [-0.2, 0) is 20.9 Å². The molecule has 1 aromatic carbocycles. The van der Waals surface area contributed by atoms with Crippen LogP contribution in [0, 0.1) is 5.92 Å². The highest BCUT2D eigenvalue weighted by Gasteiger charge is 2.55. The molecule has 3 fully saturated rings. The summed E-state index contributed by atoms with van der Waals surface area (Å²) in [5.74, 6) is 0.184. The lowest BCUT2D eigenvalue weighted by Crippen LogP contribution is -2.54. The third-order valence-corrected chi connectivity index (χ3v) is 7.72. The van der Waals surface area contributed by atoms with Gasteiger partial charge in [-0.05, 0) is 56.3 Å². The summed E-state index contributed by atoms with van der Waals surface area (Å²) in [4.78, 5) is 41.5. The van der Waals surface area contributed by atoms with Crippen LogP contribution in [0.2, 0.25) is 0 Å². The predicted molar refractivity (Wildman–Crippen MR) is 131 cm³/mol. The number of nitrogens with one attached hydrogen (secondary N) is 2. The largest absolute Gasteiger partial charge is 0.492 e. The molecule has 0 bridgehead atoms. The van der Waals surface area contributed by atoms with Gasteiger partial charge in [0.2, 0.25) is 5.91 Å². The van der Waals surface area contributed by atoms with Gasteiger partial charge in [-0.2, -0.15) is 0 Å². The summed E-state index contributed by atoms with van der Waals surface area (Å²) < 4.78 is 11.4. The number of carbonyl (C=O) groups is 3. The highest BCUT2D eigenvalue weighted by molar-refractivity contribution is 6.09. The van der Waals surface area contributed by atoms with Crippen molar-refractivity contribution in [2.24, 2.45) is 5.92 Å². The van der Waals surface area contributed by atoms with Gasteiger partial charge in [0.25, 0.3) is 5.91 Å². The molecule has 3 aliphatic rings. The van der Waals surface area contributed by atoms with Crippen LogP contribution in [0.1, 0.15) is 51.0 Å². The van der Waals surface area contributed by atoms with Gasteiger partial charge in [-0.1, -0.05) is 31.9 Å². The standard InChI is InChI=1S/C26H38N4O5/c1-19-6-3-4-11-26(19)24(32)30(25(33)28-26)18-23(31)27-17-20-7-5-8-22(16-20)35-15-12-29(2)21-9-13-34-14-10-21/h5,7-8,16,19,21H,3-4,6,9-15,17-18H2,1-2H3,(H,27,31)(H,28,33). The molecule has 4 rings (SSSR count). The number of amides is 4. The Bertz CT molecular complexity index is 919. The second kappa shape index (κ2) is 11.4. The number of hydrogen-bond donors (Lipinski definition) is 2. The van der Waals surface area contributed by atoms with Gasteiger partial charge in [-0.3, -0.25) is 19.4 Å². The molecule has 0 aromatic heterocycles. The Labute approximate surface area is 207 Å². The third kappa shape index (κ3) is 5.95. The molecule has 4 amide bonds. The minimum Gasteiger partial charge on any atom is -0.492 e.